The minimum absolute atomic E-state index is 0.0124. The van der Waals surface area contributed by atoms with Crippen molar-refractivity contribution in [2.75, 3.05) is 19.8 Å². The van der Waals surface area contributed by atoms with Gasteiger partial charge < -0.3 is 20.3 Å². The van der Waals surface area contributed by atoms with Crippen molar-refractivity contribution in [3.05, 3.63) is 59.3 Å². The fourth-order valence-corrected chi connectivity index (χ4v) is 3.94. The van der Waals surface area contributed by atoms with E-state index in [9.17, 15) is 18.3 Å². The molecule has 0 fully saturated rings. The fraction of sp³-hybridized carbons (Fsp3) is 0.318. The van der Waals surface area contributed by atoms with E-state index < -0.39 is 11.8 Å². The highest BCUT2D eigenvalue weighted by molar-refractivity contribution is 5.92. The lowest BCUT2D eigenvalue weighted by Crippen LogP contribution is -2.41. The van der Waals surface area contributed by atoms with Crippen molar-refractivity contribution in [3.63, 3.8) is 0 Å². The van der Waals surface area contributed by atoms with Crippen molar-refractivity contribution in [1.82, 2.24) is 5.32 Å². The van der Waals surface area contributed by atoms with E-state index in [0.29, 0.717) is 41.6 Å². The first-order chi connectivity index (χ1) is 14.4. The number of hydrogen-bond acceptors (Lipinski definition) is 5. The molecule has 4 rings (SSSR count). The van der Waals surface area contributed by atoms with E-state index in [2.05, 4.69) is 10.3 Å². The number of halogens is 3. The van der Waals surface area contributed by atoms with Crippen LogP contribution >= 0.6 is 0 Å². The summed E-state index contributed by atoms with van der Waals surface area (Å²) < 4.78 is 48.3. The monoisotopic (exact) mass is 418 g/mol. The Balaban J connectivity index is 1.91. The van der Waals surface area contributed by atoms with E-state index in [-0.39, 0.29) is 30.1 Å². The molecule has 30 heavy (non-hydrogen) atoms. The molecule has 0 saturated heterocycles. The van der Waals surface area contributed by atoms with E-state index in [0.717, 1.165) is 0 Å². The Bertz CT molecular complexity index is 1020. The van der Waals surface area contributed by atoms with Crippen LogP contribution < -0.4 is 10.1 Å². The average molecular weight is 418 g/mol. The third-order valence-corrected chi connectivity index (χ3v) is 5.35. The number of unbranched alkanes of at least 4 members (excludes halogenated alkanes) is 1. The van der Waals surface area contributed by atoms with Crippen LogP contribution in [0.4, 0.5) is 13.2 Å². The summed E-state index contributed by atoms with van der Waals surface area (Å²) in [6.07, 6.45) is -0.635. The van der Waals surface area contributed by atoms with Gasteiger partial charge in [0.05, 0.1) is 19.5 Å². The van der Waals surface area contributed by atoms with Crippen molar-refractivity contribution in [1.29, 1.82) is 0 Å². The smallest absolute Gasteiger partial charge is 0.425 e. The minimum Gasteiger partial charge on any atom is -0.494 e. The number of ether oxygens (including phenoxy) is 1. The molecule has 2 aliphatic rings. The highest BCUT2D eigenvalue weighted by Gasteiger charge is 2.61. The summed E-state index contributed by atoms with van der Waals surface area (Å²) in [6, 6.07) is 8.98. The molecule has 0 aromatic heterocycles. The summed E-state index contributed by atoms with van der Waals surface area (Å²) in [6.45, 7) is 0.546. The Morgan fingerprint density at radius 2 is 1.90 bits per heavy atom. The number of hydrogen-bond donors (Lipinski definition) is 3. The average Bonchev–Trinajstić information content (AvgIpc) is 3.01. The van der Waals surface area contributed by atoms with Gasteiger partial charge in [-0.3, -0.25) is 4.99 Å². The standard InChI is InChI=1S/C22H21F3N2O3/c23-22(24,25)21(29)18-6-2-1-5-16(18)20-17(14-11-26-13-27-12-14)9-15(10-19(20)21)30-8-4-3-7-28/h1-2,5-6,9-11,13,28-29H,3-4,7-8,12H2,(H,26,27)/t21-/m1/s1. The summed E-state index contributed by atoms with van der Waals surface area (Å²) in [5, 5.41) is 22.8. The van der Waals surface area contributed by atoms with Gasteiger partial charge in [0.1, 0.15) is 5.75 Å². The molecule has 0 unspecified atom stereocenters. The molecule has 158 valence electrons. The molecule has 1 aliphatic heterocycles. The normalized spacial score (nSPS) is 19.7. The van der Waals surface area contributed by atoms with Crippen molar-refractivity contribution in [2.45, 2.75) is 24.6 Å². The zero-order valence-electron chi connectivity index (χ0n) is 16.0. The molecule has 2 aromatic carbocycles. The third kappa shape index (κ3) is 3.26. The molecule has 1 atom stereocenters. The molecule has 0 spiro atoms. The van der Waals surface area contributed by atoms with Gasteiger partial charge in [-0.15, -0.1) is 0 Å². The van der Waals surface area contributed by atoms with Gasteiger partial charge in [0, 0.05) is 23.9 Å². The van der Waals surface area contributed by atoms with Crippen LogP contribution in [0.25, 0.3) is 16.7 Å². The van der Waals surface area contributed by atoms with Gasteiger partial charge >= 0.3 is 6.18 Å². The first-order valence-electron chi connectivity index (χ1n) is 9.63. The maximum Gasteiger partial charge on any atom is 0.425 e. The second-order valence-electron chi connectivity index (χ2n) is 7.23. The van der Waals surface area contributed by atoms with Crippen LogP contribution in [0.2, 0.25) is 0 Å². The van der Waals surface area contributed by atoms with Crippen LogP contribution in [0.5, 0.6) is 5.75 Å². The summed E-state index contributed by atoms with van der Waals surface area (Å²) in [7, 11) is 0. The SMILES string of the molecule is OCCCCOc1cc(C2=CNC=NC2)c2c(c1)[C@@](O)(C(F)(F)F)c1ccccc1-2. The Labute approximate surface area is 171 Å². The summed E-state index contributed by atoms with van der Waals surface area (Å²) in [5.74, 6) is 0.229. The van der Waals surface area contributed by atoms with E-state index in [1.165, 1.54) is 24.5 Å². The molecule has 1 heterocycles. The molecule has 0 bridgehead atoms. The van der Waals surface area contributed by atoms with Crippen molar-refractivity contribution in [2.24, 2.45) is 4.99 Å². The number of rotatable bonds is 6. The van der Waals surface area contributed by atoms with Crippen LogP contribution in [0.3, 0.4) is 0 Å². The summed E-state index contributed by atoms with van der Waals surface area (Å²) in [5.41, 5.74) is -1.69. The number of benzene rings is 2. The molecule has 2 aromatic rings. The van der Waals surface area contributed by atoms with Crippen molar-refractivity contribution >= 4 is 11.9 Å². The van der Waals surface area contributed by atoms with Crippen LogP contribution in [-0.2, 0) is 5.60 Å². The van der Waals surface area contributed by atoms with Crippen LogP contribution in [0.15, 0.2) is 47.6 Å². The molecular weight excluding hydrogens is 397 g/mol. The number of aliphatic hydroxyl groups is 2. The highest BCUT2D eigenvalue weighted by atomic mass is 19.4. The van der Waals surface area contributed by atoms with Gasteiger partial charge in [0.2, 0.25) is 5.60 Å². The van der Waals surface area contributed by atoms with Gasteiger partial charge in [-0.25, -0.2) is 0 Å². The summed E-state index contributed by atoms with van der Waals surface area (Å²) >= 11 is 0. The molecule has 1 aliphatic carbocycles. The van der Waals surface area contributed by atoms with Crippen LogP contribution in [0.1, 0.15) is 29.5 Å². The number of alkyl halides is 3. The Kier molecular flexibility index (Phi) is 5.29. The van der Waals surface area contributed by atoms with Gasteiger partial charge in [-0.05, 0) is 47.2 Å². The minimum atomic E-state index is -4.92. The first kappa shape index (κ1) is 20.4. The van der Waals surface area contributed by atoms with E-state index in [4.69, 9.17) is 9.84 Å². The molecule has 5 nitrogen and oxygen atoms in total. The van der Waals surface area contributed by atoms with Gasteiger partial charge in [0.15, 0.2) is 0 Å². The predicted molar refractivity (Wildman–Crippen MR) is 107 cm³/mol. The van der Waals surface area contributed by atoms with Crippen molar-refractivity contribution < 1.29 is 28.1 Å². The quantitative estimate of drug-likeness (QED) is 0.627. The highest BCUT2D eigenvalue weighted by Crippen LogP contribution is 2.57. The number of nitrogens with one attached hydrogen (secondary N) is 1. The second kappa shape index (κ2) is 7.77. The van der Waals surface area contributed by atoms with Crippen molar-refractivity contribution in [3.8, 4) is 16.9 Å². The zero-order valence-corrected chi connectivity index (χ0v) is 16.0. The van der Waals surface area contributed by atoms with Crippen LogP contribution in [-0.4, -0.2) is 42.5 Å². The zero-order chi connectivity index (χ0) is 21.4. The number of aliphatic hydroxyl groups excluding tert-OH is 1. The largest absolute Gasteiger partial charge is 0.494 e. The van der Waals surface area contributed by atoms with Gasteiger partial charge in [-0.2, -0.15) is 13.2 Å². The first-order valence-corrected chi connectivity index (χ1v) is 9.63. The fourth-order valence-electron chi connectivity index (χ4n) is 3.94. The lowest BCUT2D eigenvalue weighted by atomic mass is 9.88. The summed E-state index contributed by atoms with van der Waals surface area (Å²) in [4.78, 5) is 4.16. The molecule has 0 amide bonds. The Morgan fingerprint density at radius 3 is 2.60 bits per heavy atom. The van der Waals surface area contributed by atoms with E-state index >= 15 is 0 Å². The second-order valence-corrected chi connectivity index (χ2v) is 7.23. The number of nitrogens with zero attached hydrogens (tertiary/aromatic N) is 1. The predicted octanol–water partition coefficient (Wildman–Crippen LogP) is 3.59. The molecule has 3 N–H and O–H groups in total. The molecular formula is C22H21F3N2O3. The molecule has 0 radical (unpaired) electrons. The van der Waals surface area contributed by atoms with E-state index in [1.807, 2.05) is 0 Å². The van der Waals surface area contributed by atoms with E-state index in [1.54, 1.807) is 24.4 Å². The third-order valence-electron chi connectivity index (χ3n) is 5.35. The maximum atomic E-state index is 14.2. The topological polar surface area (TPSA) is 74.1 Å². The lowest BCUT2D eigenvalue weighted by Gasteiger charge is -2.29. The lowest BCUT2D eigenvalue weighted by molar-refractivity contribution is -0.246. The number of aliphatic imine (C=N–C) groups is 1. The van der Waals surface area contributed by atoms with Gasteiger partial charge in [0.25, 0.3) is 0 Å². The molecule has 0 saturated carbocycles. The van der Waals surface area contributed by atoms with Crippen LogP contribution in [0, 0.1) is 0 Å². The molecule has 8 heteroatoms. The number of fused-ring (bicyclic) bond motifs is 3. The maximum absolute atomic E-state index is 14.2. The van der Waals surface area contributed by atoms with Gasteiger partial charge in [-0.1, -0.05) is 24.3 Å². The Hall–Kier alpha value is -2.84. The Morgan fingerprint density at radius 1 is 1.10 bits per heavy atom.